The van der Waals surface area contributed by atoms with E-state index >= 15 is 0 Å². The van der Waals surface area contributed by atoms with Crippen LogP contribution < -0.4 is 5.32 Å². The molecule has 0 aromatic heterocycles. The van der Waals surface area contributed by atoms with E-state index in [1.807, 2.05) is 0 Å². The molecule has 0 aromatic rings. The molecule has 0 aliphatic heterocycles. The molecule has 6 heteroatoms. The van der Waals surface area contributed by atoms with Gasteiger partial charge in [-0.3, -0.25) is 4.79 Å². The number of methoxy groups -OCH3 is 1. The van der Waals surface area contributed by atoms with Gasteiger partial charge in [0.1, 0.15) is 0 Å². The van der Waals surface area contributed by atoms with Gasteiger partial charge in [-0.2, -0.15) is 0 Å². The number of amides is 1. The molecule has 0 radical (unpaired) electrons. The van der Waals surface area contributed by atoms with Crippen molar-refractivity contribution in [1.82, 2.24) is 5.32 Å². The fraction of sp³-hybridized carbons (Fsp3) is 0.875. The molecule has 0 heterocycles. The zero-order chi connectivity index (χ0) is 10.6. The highest BCUT2D eigenvalue weighted by molar-refractivity contribution is 5.75. The Kier molecular flexibility index (Phi) is 8.94. The monoisotopic (exact) mass is 200 g/mol. The van der Waals surface area contributed by atoms with Gasteiger partial charge in [-0.15, -0.1) is 0 Å². The minimum atomic E-state index is 0.0167. The quantitative estimate of drug-likeness (QED) is 0.276. The Hall–Kier alpha value is -1.26. The largest absolute Gasteiger partial charge is 0.383 e. The molecule has 1 N–H and O–H groups in total. The summed E-state index contributed by atoms with van der Waals surface area (Å²) in [6, 6.07) is 0. The Labute approximate surface area is 83.3 Å². The molecule has 0 saturated heterocycles. The van der Waals surface area contributed by atoms with Crippen molar-refractivity contribution in [3.63, 3.8) is 0 Å². The third-order valence-corrected chi connectivity index (χ3v) is 1.60. The first-order valence-electron chi connectivity index (χ1n) is 4.57. The number of unbranched alkanes of at least 4 members (excludes halogenated alkanes) is 1. The number of carbonyl (C=O) groups excluding carboxylic acids is 1. The van der Waals surface area contributed by atoms with Crippen LogP contribution in [0.3, 0.4) is 0 Å². The molecular formula is C8H16N4O2. The van der Waals surface area contributed by atoms with Crippen LogP contribution in [0.25, 0.3) is 10.4 Å². The molecule has 0 atom stereocenters. The van der Waals surface area contributed by atoms with Crippen molar-refractivity contribution in [3.05, 3.63) is 10.4 Å². The molecule has 0 saturated carbocycles. The number of nitrogens with one attached hydrogen (secondary N) is 1. The second kappa shape index (κ2) is 9.83. The molecule has 1 amide bonds. The predicted molar refractivity (Wildman–Crippen MR) is 52.7 cm³/mol. The second-order valence-electron chi connectivity index (χ2n) is 2.75. The van der Waals surface area contributed by atoms with Gasteiger partial charge in [0.25, 0.3) is 0 Å². The average molecular weight is 200 g/mol. The van der Waals surface area contributed by atoms with Crippen LogP contribution in [-0.4, -0.2) is 32.7 Å². The SMILES string of the molecule is COCCNC(=O)CCCCN=[N+]=[N-]. The van der Waals surface area contributed by atoms with E-state index < -0.39 is 0 Å². The zero-order valence-corrected chi connectivity index (χ0v) is 8.40. The Morgan fingerprint density at radius 1 is 1.57 bits per heavy atom. The maximum atomic E-state index is 11.1. The molecule has 80 valence electrons. The van der Waals surface area contributed by atoms with Crippen LogP contribution in [0.2, 0.25) is 0 Å². The summed E-state index contributed by atoms with van der Waals surface area (Å²) in [7, 11) is 1.59. The van der Waals surface area contributed by atoms with E-state index in [0.29, 0.717) is 26.1 Å². The first kappa shape index (κ1) is 12.7. The standard InChI is InChI=1S/C8H16N4O2/c1-14-7-6-10-8(13)4-2-3-5-11-12-9/h2-7H2,1H3,(H,10,13). The summed E-state index contributed by atoms with van der Waals surface area (Å²) < 4.78 is 4.78. The molecule has 0 spiro atoms. The third-order valence-electron chi connectivity index (χ3n) is 1.60. The summed E-state index contributed by atoms with van der Waals surface area (Å²) >= 11 is 0. The molecule has 0 aliphatic carbocycles. The smallest absolute Gasteiger partial charge is 0.220 e. The minimum Gasteiger partial charge on any atom is -0.383 e. The molecule has 0 aromatic carbocycles. The van der Waals surface area contributed by atoms with Crippen LogP contribution in [0.15, 0.2) is 5.11 Å². The van der Waals surface area contributed by atoms with E-state index in [0.717, 1.165) is 12.8 Å². The van der Waals surface area contributed by atoms with E-state index in [9.17, 15) is 4.79 Å². The summed E-state index contributed by atoms with van der Waals surface area (Å²) in [6.07, 6.45) is 1.98. The van der Waals surface area contributed by atoms with Gasteiger partial charge >= 0.3 is 0 Å². The van der Waals surface area contributed by atoms with Crippen LogP contribution in [0, 0.1) is 0 Å². The average Bonchev–Trinajstić information content (AvgIpc) is 2.18. The maximum Gasteiger partial charge on any atom is 0.220 e. The van der Waals surface area contributed by atoms with Crippen molar-refractivity contribution in [3.8, 4) is 0 Å². The lowest BCUT2D eigenvalue weighted by atomic mass is 10.2. The summed E-state index contributed by atoms with van der Waals surface area (Å²) in [5.41, 5.74) is 7.98. The van der Waals surface area contributed by atoms with Crippen molar-refractivity contribution in [2.75, 3.05) is 26.8 Å². The maximum absolute atomic E-state index is 11.1. The number of rotatable bonds is 8. The van der Waals surface area contributed by atoms with Crippen molar-refractivity contribution in [1.29, 1.82) is 0 Å². The lowest BCUT2D eigenvalue weighted by Crippen LogP contribution is -2.26. The van der Waals surface area contributed by atoms with Crippen molar-refractivity contribution in [2.45, 2.75) is 19.3 Å². The Bertz CT molecular complexity index is 202. The van der Waals surface area contributed by atoms with Gasteiger partial charge < -0.3 is 10.1 Å². The van der Waals surface area contributed by atoms with Crippen LogP contribution in [-0.2, 0) is 9.53 Å². The van der Waals surface area contributed by atoms with Gasteiger partial charge in [-0.25, -0.2) is 0 Å². The number of carbonyl (C=O) groups is 1. The van der Waals surface area contributed by atoms with E-state index in [-0.39, 0.29) is 5.91 Å². The lowest BCUT2D eigenvalue weighted by Gasteiger charge is -2.03. The number of hydrogen-bond donors (Lipinski definition) is 1. The van der Waals surface area contributed by atoms with Crippen molar-refractivity contribution < 1.29 is 9.53 Å². The van der Waals surface area contributed by atoms with Gasteiger partial charge in [0.15, 0.2) is 0 Å². The molecular weight excluding hydrogens is 184 g/mol. The highest BCUT2D eigenvalue weighted by Gasteiger charge is 1.98. The molecule has 0 fully saturated rings. The molecule has 6 nitrogen and oxygen atoms in total. The molecule has 0 unspecified atom stereocenters. The second-order valence-corrected chi connectivity index (χ2v) is 2.75. The number of nitrogens with zero attached hydrogens (tertiary/aromatic N) is 3. The Morgan fingerprint density at radius 3 is 3.00 bits per heavy atom. The topological polar surface area (TPSA) is 87.1 Å². The molecule has 14 heavy (non-hydrogen) atoms. The van der Waals surface area contributed by atoms with Crippen LogP contribution in [0.1, 0.15) is 19.3 Å². The highest BCUT2D eigenvalue weighted by atomic mass is 16.5. The summed E-state index contributed by atoms with van der Waals surface area (Å²) in [5.74, 6) is 0.0167. The summed E-state index contributed by atoms with van der Waals surface area (Å²) in [5, 5.41) is 6.08. The fourth-order valence-corrected chi connectivity index (χ4v) is 0.894. The number of azide groups is 1. The zero-order valence-electron chi connectivity index (χ0n) is 8.40. The van der Waals surface area contributed by atoms with Crippen molar-refractivity contribution in [2.24, 2.45) is 5.11 Å². The van der Waals surface area contributed by atoms with Crippen LogP contribution >= 0.6 is 0 Å². The number of ether oxygens (including phenoxy) is 1. The van der Waals surface area contributed by atoms with Gasteiger partial charge in [-0.1, -0.05) is 5.11 Å². The highest BCUT2D eigenvalue weighted by Crippen LogP contribution is 1.95. The van der Waals surface area contributed by atoms with Crippen molar-refractivity contribution >= 4 is 5.91 Å². The lowest BCUT2D eigenvalue weighted by molar-refractivity contribution is -0.121. The number of hydrogen-bond acceptors (Lipinski definition) is 3. The van der Waals surface area contributed by atoms with E-state index in [4.69, 9.17) is 10.3 Å². The third kappa shape index (κ3) is 8.83. The molecule has 0 bridgehead atoms. The van der Waals surface area contributed by atoms with Gasteiger partial charge in [0.2, 0.25) is 5.91 Å². The van der Waals surface area contributed by atoms with E-state index in [2.05, 4.69) is 15.3 Å². The first-order valence-corrected chi connectivity index (χ1v) is 4.57. The Balaban J connectivity index is 3.22. The fourth-order valence-electron chi connectivity index (χ4n) is 0.894. The van der Waals surface area contributed by atoms with E-state index in [1.54, 1.807) is 7.11 Å². The van der Waals surface area contributed by atoms with Crippen LogP contribution in [0.5, 0.6) is 0 Å². The molecule has 0 rings (SSSR count). The van der Waals surface area contributed by atoms with Gasteiger partial charge in [0, 0.05) is 31.5 Å². The normalized spacial score (nSPS) is 9.21. The van der Waals surface area contributed by atoms with Gasteiger partial charge in [-0.05, 0) is 18.4 Å². The summed E-state index contributed by atoms with van der Waals surface area (Å²) in [4.78, 5) is 13.7. The van der Waals surface area contributed by atoms with Crippen LogP contribution in [0.4, 0.5) is 0 Å². The summed E-state index contributed by atoms with van der Waals surface area (Å²) in [6.45, 7) is 1.54. The Morgan fingerprint density at radius 2 is 2.36 bits per heavy atom. The minimum absolute atomic E-state index is 0.0167. The van der Waals surface area contributed by atoms with Gasteiger partial charge in [0.05, 0.1) is 6.61 Å². The molecule has 0 aliphatic rings. The first-order chi connectivity index (χ1) is 6.81. The van der Waals surface area contributed by atoms with E-state index in [1.165, 1.54) is 0 Å². The predicted octanol–water partition coefficient (Wildman–Crippen LogP) is 1.23.